The largest absolute Gasteiger partial charge is 0.339 e. The number of hydrogen-bond acceptors (Lipinski definition) is 7. The second-order valence-corrected chi connectivity index (χ2v) is 11.1. The molecule has 158 valence electrons. The van der Waals surface area contributed by atoms with Gasteiger partial charge >= 0.3 is 0 Å². The summed E-state index contributed by atoms with van der Waals surface area (Å²) in [5, 5.41) is 1.84. The van der Waals surface area contributed by atoms with E-state index in [0.29, 0.717) is 26.2 Å². The highest BCUT2D eigenvalue weighted by molar-refractivity contribution is 8.00. The number of thiophene rings is 1. The standard InChI is InChI=1S/C20H22N4O3S3/c1-14-15(2)29-20-18(14)19(21-13-22-20)28-12-17(25)23-8-10-24(11-9-23)30(26,27)16-6-4-3-5-7-16/h3-7,13H,8-12H2,1-2H3. The van der Waals surface area contributed by atoms with Gasteiger partial charge in [-0.15, -0.1) is 11.3 Å². The fraction of sp³-hybridized carbons (Fsp3) is 0.350. The molecular formula is C20H22N4O3S3. The van der Waals surface area contributed by atoms with Crippen molar-refractivity contribution in [2.24, 2.45) is 0 Å². The summed E-state index contributed by atoms with van der Waals surface area (Å²) in [5.41, 5.74) is 1.16. The Hall–Kier alpha value is -2.01. The number of sulfonamides is 1. The number of piperazine rings is 1. The summed E-state index contributed by atoms with van der Waals surface area (Å²) in [4.78, 5) is 25.6. The van der Waals surface area contributed by atoms with E-state index >= 15 is 0 Å². The van der Waals surface area contributed by atoms with Crippen LogP contribution in [0.15, 0.2) is 46.6 Å². The van der Waals surface area contributed by atoms with Crippen LogP contribution in [0.4, 0.5) is 0 Å². The Bertz CT molecular complexity index is 1170. The van der Waals surface area contributed by atoms with Crippen LogP contribution in [0.3, 0.4) is 0 Å². The Morgan fingerprint density at radius 1 is 1.10 bits per heavy atom. The third-order valence-electron chi connectivity index (χ3n) is 5.24. The van der Waals surface area contributed by atoms with Crippen molar-refractivity contribution in [1.82, 2.24) is 19.2 Å². The zero-order valence-electron chi connectivity index (χ0n) is 16.7. The van der Waals surface area contributed by atoms with Crippen molar-refractivity contribution < 1.29 is 13.2 Å². The molecule has 3 aromatic rings. The van der Waals surface area contributed by atoms with E-state index in [9.17, 15) is 13.2 Å². The quantitative estimate of drug-likeness (QED) is 0.428. The summed E-state index contributed by atoms with van der Waals surface area (Å²) in [6, 6.07) is 8.41. The Labute approximate surface area is 184 Å². The van der Waals surface area contributed by atoms with Gasteiger partial charge in [0.2, 0.25) is 15.9 Å². The molecule has 1 saturated heterocycles. The van der Waals surface area contributed by atoms with Crippen molar-refractivity contribution in [2.45, 2.75) is 23.8 Å². The molecule has 0 unspecified atom stereocenters. The molecule has 1 aliphatic heterocycles. The highest BCUT2D eigenvalue weighted by atomic mass is 32.2. The van der Waals surface area contributed by atoms with Crippen LogP contribution in [-0.2, 0) is 14.8 Å². The number of carbonyl (C=O) groups is 1. The van der Waals surface area contributed by atoms with Gasteiger partial charge in [-0.3, -0.25) is 4.79 Å². The average Bonchev–Trinajstić information content (AvgIpc) is 3.07. The van der Waals surface area contributed by atoms with Crippen LogP contribution in [0, 0.1) is 13.8 Å². The maximum Gasteiger partial charge on any atom is 0.243 e. The highest BCUT2D eigenvalue weighted by Gasteiger charge is 2.30. The zero-order valence-corrected chi connectivity index (χ0v) is 19.2. The molecule has 7 nitrogen and oxygen atoms in total. The number of hydrogen-bond donors (Lipinski definition) is 0. The fourth-order valence-electron chi connectivity index (χ4n) is 3.40. The topological polar surface area (TPSA) is 83.5 Å². The van der Waals surface area contributed by atoms with Gasteiger partial charge in [0.15, 0.2) is 0 Å². The predicted octanol–water partition coefficient (Wildman–Crippen LogP) is 2.93. The number of fused-ring (bicyclic) bond motifs is 1. The first-order valence-corrected chi connectivity index (χ1v) is 12.8. The lowest BCUT2D eigenvalue weighted by Gasteiger charge is -2.34. The van der Waals surface area contributed by atoms with Crippen LogP contribution in [0.2, 0.25) is 0 Å². The Morgan fingerprint density at radius 2 is 1.80 bits per heavy atom. The summed E-state index contributed by atoms with van der Waals surface area (Å²) in [6.07, 6.45) is 1.54. The smallest absolute Gasteiger partial charge is 0.243 e. The zero-order chi connectivity index (χ0) is 21.3. The molecule has 30 heavy (non-hydrogen) atoms. The Kier molecular flexibility index (Phi) is 6.10. The van der Waals surface area contributed by atoms with Crippen molar-refractivity contribution in [2.75, 3.05) is 31.9 Å². The summed E-state index contributed by atoms with van der Waals surface area (Å²) in [7, 11) is -3.52. The molecule has 0 N–H and O–H groups in total. The molecule has 4 rings (SSSR count). The van der Waals surface area contributed by atoms with Gasteiger partial charge in [-0.05, 0) is 31.5 Å². The van der Waals surface area contributed by atoms with Gasteiger partial charge in [0.25, 0.3) is 0 Å². The van der Waals surface area contributed by atoms with Crippen LogP contribution in [0.25, 0.3) is 10.2 Å². The van der Waals surface area contributed by atoms with E-state index in [1.165, 1.54) is 27.3 Å². The lowest BCUT2D eigenvalue weighted by atomic mass is 10.2. The molecule has 0 aliphatic carbocycles. The van der Waals surface area contributed by atoms with Gasteiger partial charge < -0.3 is 4.90 Å². The molecule has 3 heterocycles. The van der Waals surface area contributed by atoms with Crippen LogP contribution in [0.5, 0.6) is 0 Å². The SMILES string of the molecule is Cc1sc2ncnc(SCC(=O)N3CCN(S(=O)(=O)c4ccccc4)CC3)c2c1C. The van der Waals surface area contributed by atoms with Gasteiger partial charge in [-0.1, -0.05) is 30.0 Å². The minimum Gasteiger partial charge on any atom is -0.339 e. The lowest BCUT2D eigenvalue weighted by molar-refractivity contribution is -0.129. The van der Waals surface area contributed by atoms with Gasteiger partial charge in [0, 0.05) is 36.4 Å². The Morgan fingerprint density at radius 3 is 2.50 bits per heavy atom. The van der Waals surface area contributed by atoms with Gasteiger partial charge in [0.1, 0.15) is 16.2 Å². The monoisotopic (exact) mass is 462 g/mol. The molecule has 0 spiro atoms. The van der Waals surface area contributed by atoms with Crippen LogP contribution < -0.4 is 0 Å². The number of thioether (sulfide) groups is 1. The Balaban J connectivity index is 1.38. The summed E-state index contributed by atoms with van der Waals surface area (Å²) in [6.45, 7) is 5.49. The fourth-order valence-corrected chi connectivity index (χ4v) is 6.86. The van der Waals surface area contributed by atoms with Crippen LogP contribution in [-0.4, -0.2) is 65.4 Å². The minimum atomic E-state index is -3.52. The average molecular weight is 463 g/mol. The summed E-state index contributed by atoms with van der Waals surface area (Å²) in [5.74, 6) is 0.263. The van der Waals surface area contributed by atoms with E-state index in [1.54, 1.807) is 46.6 Å². The molecule has 2 aromatic heterocycles. The van der Waals surface area contributed by atoms with Crippen LogP contribution >= 0.6 is 23.1 Å². The van der Waals surface area contributed by atoms with Crippen molar-refractivity contribution in [1.29, 1.82) is 0 Å². The van der Waals surface area contributed by atoms with Crippen molar-refractivity contribution in [3.63, 3.8) is 0 Å². The number of amides is 1. The van der Waals surface area contributed by atoms with Gasteiger partial charge in [-0.2, -0.15) is 4.31 Å². The normalized spacial score (nSPS) is 15.6. The molecule has 0 atom stereocenters. The highest BCUT2D eigenvalue weighted by Crippen LogP contribution is 2.34. The molecule has 0 bridgehead atoms. The lowest BCUT2D eigenvalue weighted by Crippen LogP contribution is -2.50. The van der Waals surface area contributed by atoms with Gasteiger partial charge in [-0.25, -0.2) is 18.4 Å². The van der Waals surface area contributed by atoms with Gasteiger partial charge in [0.05, 0.1) is 10.6 Å². The van der Waals surface area contributed by atoms with E-state index in [4.69, 9.17) is 0 Å². The first kappa shape index (κ1) is 21.2. The van der Waals surface area contributed by atoms with E-state index in [1.807, 2.05) is 0 Å². The van der Waals surface area contributed by atoms with Crippen molar-refractivity contribution in [3.05, 3.63) is 47.1 Å². The van der Waals surface area contributed by atoms with Crippen LogP contribution in [0.1, 0.15) is 10.4 Å². The number of nitrogens with zero attached hydrogens (tertiary/aromatic N) is 4. The number of benzene rings is 1. The van der Waals surface area contributed by atoms with E-state index in [-0.39, 0.29) is 16.6 Å². The number of carbonyl (C=O) groups excluding carboxylic acids is 1. The minimum absolute atomic E-state index is 0.00636. The third-order valence-corrected chi connectivity index (χ3v) is 9.24. The second-order valence-electron chi connectivity index (χ2n) is 7.03. The number of rotatable bonds is 5. The molecule has 0 radical (unpaired) electrons. The predicted molar refractivity (Wildman–Crippen MR) is 119 cm³/mol. The molecule has 1 aromatic carbocycles. The number of aryl methyl sites for hydroxylation is 2. The first-order valence-electron chi connectivity index (χ1n) is 9.54. The molecular weight excluding hydrogens is 440 g/mol. The summed E-state index contributed by atoms with van der Waals surface area (Å²) < 4.78 is 26.9. The van der Waals surface area contributed by atoms with E-state index < -0.39 is 10.0 Å². The molecule has 1 amide bonds. The van der Waals surface area contributed by atoms with Crippen molar-refractivity contribution >= 4 is 49.2 Å². The molecule has 10 heteroatoms. The summed E-state index contributed by atoms with van der Waals surface area (Å²) >= 11 is 3.05. The maximum absolute atomic E-state index is 12.7. The molecule has 1 fully saturated rings. The van der Waals surface area contributed by atoms with E-state index in [0.717, 1.165) is 20.8 Å². The molecule has 1 aliphatic rings. The second kappa shape index (κ2) is 8.62. The molecule has 0 saturated carbocycles. The van der Waals surface area contributed by atoms with Crippen molar-refractivity contribution in [3.8, 4) is 0 Å². The first-order chi connectivity index (χ1) is 14.4. The third kappa shape index (κ3) is 4.09. The van der Waals surface area contributed by atoms with E-state index in [2.05, 4.69) is 23.8 Å². The number of aromatic nitrogens is 2. The maximum atomic E-state index is 12.7.